The Morgan fingerprint density at radius 1 is 0.788 bits per heavy atom. The summed E-state index contributed by atoms with van der Waals surface area (Å²) in [6.45, 7) is 5.66. The number of anilines is 3. The zero-order valence-electron chi connectivity index (χ0n) is 18.8. The molecule has 33 heavy (non-hydrogen) atoms. The number of hydrogen-bond donors (Lipinski definition) is 2. The smallest absolute Gasteiger partial charge is 0.282 e. The summed E-state index contributed by atoms with van der Waals surface area (Å²) in [5.74, 6) is -0.637. The Hall–Kier alpha value is -4.19. The van der Waals surface area contributed by atoms with Crippen LogP contribution in [0.25, 0.3) is 5.57 Å². The van der Waals surface area contributed by atoms with Gasteiger partial charge in [-0.25, -0.2) is 4.90 Å². The number of amides is 3. The fraction of sp³-hybridized carbons (Fsp3) is 0.148. The molecule has 0 radical (unpaired) electrons. The number of imide groups is 1. The lowest BCUT2D eigenvalue weighted by Crippen LogP contribution is -2.32. The van der Waals surface area contributed by atoms with E-state index in [1.165, 1.54) is 12.5 Å². The molecular weight excluding hydrogens is 414 g/mol. The molecule has 1 heterocycles. The molecule has 0 saturated heterocycles. The lowest BCUT2D eigenvalue weighted by molar-refractivity contribution is -0.120. The molecule has 6 heteroatoms. The summed E-state index contributed by atoms with van der Waals surface area (Å²) in [5, 5.41) is 5.87. The molecule has 0 atom stereocenters. The Labute approximate surface area is 192 Å². The summed E-state index contributed by atoms with van der Waals surface area (Å²) in [6.07, 6.45) is 0. The molecule has 3 amide bonds. The van der Waals surface area contributed by atoms with Crippen LogP contribution >= 0.6 is 0 Å². The van der Waals surface area contributed by atoms with Crippen molar-refractivity contribution in [2.75, 3.05) is 15.5 Å². The molecule has 166 valence electrons. The number of hydrogen-bond acceptors (Lipinski definition) is 4. The molecule has 3 aromatic carbocycles. The second-order valence-corrected chi connectivity index (χ2v) is 8.19. The normalized spacial score (nSPS) is 13.6. The van der Waals surface area contributed by atoms with Gasteiger partial charge in [-0.2, -0.15) is 0 Å². The topological polar surface area (TPSA) is 78.5 Å². The highest BCUT2D eigenvalue weighted by Crippen LogP contribution is 2.34. The third-order valence-electron chi connectivity index (χ3n) is 5.44. The van der Waals surface area contributed by atoms with Gasteiger partial charge in [-0.05, 0) is 53.4 Å². The van der Waals surface area contributed by atoms with Gasteiger partial charge in [-0.1, -0.05) is 56.3 Å². The van der Waals surface area contributed by atoms with Gasteiger partial charge in [-0.3, -0.25) is 14.4 Å². The van der Waals surface area contributed by atoms with Crippen LogP contribution in [-0.2, 0) is 14.4 Å². The molecule has 2 N–H and O–H groups in total. The number of carbonyl (C=O) groups is 3. The lowest BCUT2D eigenvalue weighted by atomic mass is 10.0. The quantitative estimate of drug-likeness (QED) is 0.520. The average molecular weight is 440 g/mol. The molecule has 4 rings (SSSR count). The SMILES string of the molecule is CC(=O)Nc1ccc(N2C(=O)C(Nc3ccc(C(C)C)cc3)=C(c3ccccc3)C2=O)cc1. The number of carbonyl (C=O) groups excluding carboxylic acids is 3. The first-order chi connectivity index (χ1) is 15.8. The summed E-state index contributed by atoms with van der Waals surface area (Å²) in [7, 11) is 0. The maximum absolute atomic E-state index is 13.5. The van der Waals surface area contributed by atoms with Crippen molar-refractivity contribution in [1.82, 2.24) is 0 Å². The third-order valence-corrected chi connectivity index (χ3v) is 5.44. The highest BCUT2D eigenvalue weighted by Gasteiger charge is 2.40. The van der Waals surface area contributed by atoms with Crippen molar-refractivity contribution in [2.45, 2.75) is 26.7 Å². The van der Waals surface area contributed by atoms with Gasteiger partial charge >= 0.3 is 0 Å². The van der Waals surface area contributed by atoms with E-state index in [9.17, 15) is 14.4 Å². The van der Waals surface area contributed by atoms with Crippen LogP contribution in [0, 0.1) is 0 Å². The van der Waals surface area contributed by atoms with Crippen LogP contribution < -0.4 is 15.5 Å². The third kappa shape index (κ3) is 4.55. The molecule has 0 aliphatic carbocycles. The van der Waals surface area contributed by atoms with Gasteiger partial charge in [-0.15, -0.1) is 0 Å². The maximum atomic E-state index is 13.5. The summed E-state index contributed by atoms with van der Waals surface area (Å²) in [5.41, 5.74) is 4.15. The molecule has 0 saturated carbocycles. The van der Waals surface area contributed by atoms with Crippen LogP contribution in [0.15, 0.2) is 84.6 Å². The number of nitrogens with one attached hydrogen (secondary N) is 2. The van der Waals surface area contributed by atoms with Gasteiger partial charge in [0.2, 0.25) is 5.91 Å². The van der Waals surface area contributed by atoms with Crippen molar-refractivity contribution in [1.29, 1.82) is 0 Å². The minimum Gasteiger partial charge on any atom is -0.350 e. The second-order valence-electron chi connectivity index (χ2n) is 8.19. The Morgan fingerprint density at radius 2 is 1.39 bits per heavy atom. The highest BCUT2D eigenvalue weighted by atomic mass is 16.2. The van der Waals surface area contributed by atoms with Crippen LogP contribution in [0.3, 0.4) is 0 Å². The van der Waals surface area contributed by atoms with Gasteiger partial charge in [0.25, 0.3) is 11.8 Å². The maximum Gasteiger partial charge on any atom is 0.282 e. The molecule has 0 unspecified atom stereocenters. The average Bonchev–Trinajstić information content (AvgIpc) is 3.04. The molecule has 6 nitrogen and oxygen atoms in total. The van der Waals surface area contributed by atoms with Crippen LogP contribution in [-0.4, -0.2) is 17.7 Å². The standard InChI is InChI=1S/C27H25N3O3/c1-17(2)19-9-11-22(12-10-19)29-25-24(20-7-5-4-6-8-20)26(32)30(27(25)33)23-15-13-21(14-16-23)28-18(3)31/h4-17,29H,1-3H3,(H,28,31). The van der Waals surface area contributed by atoms with Crippen molar-refractivity contribution in [3.63, 3.8) is 0 Å². The van der Waals surface area contributed by atoms with Crippen molar-refractivity contribution < 1.29 is 14.4 Å². The van der Waals surface area contributed by atoms with Gasteiger partial charge in [0.05, 0.1) is 11.3 Å². The first-order valence-electron chi connectivity index (χ1n) is 10.8. The first-order valence-corrected chi connectivity index (χ1v) is 10.8. The first kappa shape index (κ1) is 22.0. The number of benzene rings is 3. The molecule has 0 fully saturated rings. The van der Waals surface area contributed by atoms with E-state index in [1.54, 1.807) is 24.3 Å². The molecule has 0 spiro atoms. The van der Waals surface area contributed by atoms with E-state index < -0.39 is 11.8 Å². The van der Waals surface area contributed by atoms with Crippen molar-refractivity contribution in [2.24, 2.45) is 0 Å². The van der Waals surface area contributed by atoms with Crippen molar-refractivity contribution >= 4 is 40.4 Å². The van der Waals surface area contributed by atoms with E-state index in [0.717, 1.165) is 10.6 Å². The predicted octanol–water partition coefficient (Wildman–Crippen LogP) is 5.17. The molecule has 1 aliphatic rings. The Kier molecular flexibility index (Phi) is 6.09. The molecule has 0 aromatic heterocycles. The molecule has 3 aromatic rings. The van der Waals surface area contributed by atoms with E-state index in [0.29, 0.717) is 28.4 Å². The van der Waals surface area contributed by atoms with Crippen LogP contribution in [0.1, 0.15) is 37.8 Å². The van der Waals surface area contributed by atoms with E-state index in [4.69, 9.17) is 0 Å². The Morgan fingerprint density at radius 3 is 1.97 bits per heavy atom. The van der Waals surface area contributed by atoms with E-state index >= 15 is 0 Å². The molecule has 0 bridgehead atoms. The monoisotopic (exact) mass is 439 g/mol. The zero-order valence-corrected chi connectivity index (χ0v) is 18.8. The molecule has 1 aliphatic heterocycles. The second kappa shape index (κ2) is 9.12. The van der Waals surface area contributed by atoms with Crippen LogP contribution in [0.2, 0.25) is 0 Å². The van der Waals surface area contributed by atoms with Crippen LogP contribution in [0.4, 0.5) is 17.1 Å². The summed E-state index contributed by atoms with van der Waals surface area (Å²) >= 11 is 0. The summed E-state index contributed by atoms with van der Waals surface area (Å²) in [4.78, 5) is 39.4. The lowest BCUT2D eigenvalue weighted by Gasteiger charge is -2.16. The van der Waals surface area contributed by atoms with Gasteiger partial charge < -0.3 is 10.6 Å². The van der Waals surface area contributed by atoms with Crippen LogP contribution in [0.5, 0.6) is 0 Å². The minimum absolute atomic E-state index is 0.195. The number of nitrogens with zero attached hydrogens (tertiary/aromatic N) is 1. The Balaban J connectivity index is 1.71. The van der Waals surface area contributed by atoms with Crippen molar-refractivity contribution in [3.05, 3.63) is 95.7 Å². The van der Waals surface area contributed by atoms with Crippen molar-refractivity contribution in [3.8, 4) is 0 Å². The minimum atomic E-state index is -0.431. The Bertz CT molecular complexity index is 1230. The fourth-order valence-corrected chi connectivity index (χ4v) is 3.75. The summed E-state index contributed by atoms with van der Waals surface area (Å²) in [6, 6.07) is 23.6. The summed E-state index contributed by atoms with van der Waals surface area (Å²) < 4.78 is 0. The van der Waals surface area contributed by atoms with Gasteiger partial charge in [0.15, 0.2) is 0 Å². The zero-order chi connectivity index (χ0) is 23.5. The van der Waals surface area contributed by atoms with E-state index in [1.807, 2.05) is 54.6 Å². The predicted molar refractivity (Wildman–Crippen MR) is 131 cm³/mol. The van der Waals surface area contributed by atoms with E-state index in [2.05, 4.69) is 24.5 Å². The highest BCUT2D eigenvalue weighted by molar-refractivity contribution is 6.46. The molecular formula is C27H25N3O3. The fourth-order valence-electron chi connectivity index (χ4n) is 3.75. The van der Waals surface area contributed by atoms with Gasteiger partial charge in [0, 0.05) is 18.3 Å². The van der Waals surface area contributed by atoms with E-state index in [-0.39, 0.29) is 11.6 Å². The largest absolute Gasteiger partial charge is 0.350 e. The number of rotatable bonds is 6. The van der Waals surface area contributed by atoms with Gasteiger partial charge in [0.1, 0.15) is 5.70 Å².